The Kier molecular flexibility index (Phi) is 6.50. The van der Waals surface area contributed by atoms with Crippen LogP contribution in [-0.4, -0.2) is 29.1 Å². The number of hydrogen-bond donors (Lipinski definition) is 2. The number of para-hydroxylation sites is 1. The summed E-state index contributed by atoms with van der Waals surface area (Å²) in [7, 11) is 0. The molecule has 0 aliphatic rings. The second kappa shape index (κ2) is 8.64. The van der Waals surface area contributed by atoms with E-state index in [1.807, 2.05) is 24.3 Å². The van der Waals surface area contributed by atoms with Crippen LogP contribution in [0.1, 0.15) is 0 Å². The van der Waals surface area contributed by atoms with Crippen molar-refractivity contribution < 1.29 is 9.90 Å². The third kappa shape index (κ3) is 5.73. The molecular weight excluding hydrogens is 302 g/mol. The van der Waals surface area contributed by atoms with Crippen molar-refractivity contribution >= 4 is 29.4 Å². The molecule has 2 aromatic rings. The molecule has 0 atom stereocenters. The lowest BCUT2D eigenvalue weighted by atomic mass is 10.3. The van der Waals surface area contributed by atoms with E-state index in [9.17, 15) is 9.90 Å². The van der Waals surface area contributed by atoms with Crippen molar-refractivity contribution in [1.82, 2.24) is 5.32 Å². The highest BCUT2D eigenvalue weighted by molar-refractivity contribution is 8.00. The lowest BCUT2D eigenvalue weighted by Crippen LogP contribution is -2.27. The number of carbonyl (C=O) groups excluding carboxylic acids is 1. The van der Waals surface area contributed by atoms with Gasteiger partial charge in [0.25, 0.3) is 0 Å². The zero-order chi connectivity index (χ0) is 14.9. The van der Waals surface area contributed by atoms with Crippen LogP contribution in [0, 0.1) is 0 Å². The van der Waals surface area contributed by atoms with Crippen LogP contribution < -0.4 is 5.32 Å². The fourth-order valence-corrected chi connectivity index (χ4v) is 3.22. The normalized spacial score (nSPS) is 10.3. The van der Waals surface area contributed by atoms with E-state index < -0.39 is 0 Å². The number of phenolic OH excluding ortho intramolecular Hbond substituents is 1. The van der Waals surface area contributed by atoms with Gasteiger partial charge in [0.05, 0.1) is 5.75 Å². The molecule has 2 N–H and O–H groups in total. The summed E-state index contributed by atoms with van der Waals surface area (Å²) in [6.07, 6.45) is 0. The predicted octanol–water partition coefficient (Wildman–Crippen LogP) is 3.39. The Morgan fingerprint density at radius 2 is 1.71 bits per heavy atom. The smallest absolute Gasteiger partial charge is 0.230 e. The number of nitrogens with one attached hydrogen (secondary N) is 1. The van der Waals surface area contributed by atoms with Gasteiger partial charge >= 0.3 is 0 Å². The van der Waals surface area contributed by atoms with Crippen molar-refractivity contribution in [2.75, 3.05) is 18.1 Å². The number of benzene rings is 2. The van der Waals surface area contributed by atoms with E-state index in [-0.39, 0.29) is 11.7 Å². The maximum Gasteiger partial charge on any atom is 0.230 e. The molecule has 0 aliphatic heterocycles. The minimum Gasteiger partial charge on any atom is -0.507 e. The van der Waals surface area contributed by atoms with Gasteiger partial charge in [-0.3, -0.25) is 4.79 Å². The van der Waals surface area contributed by atoms with Crippen molar-refractivity contribution in [2.45, 2.75) is 9.79 Å². The van der Waals surface area contributed by atoms with E-state index in [2.05, 4.69) is 17.4 Å². The Bertz CT molecular complexity index is 575. The van der Waals surface area contributed by atoms with Crippen LogP contribution in [0.5, 0.6) is 5.75 Å². The molecule has 1 amide bonds. The van der Waals surface area contributed by atoms with Crippen molar-refractivity contribution in [2.24, 2.45) is 0 Å². The first-order valence-corrected chi connectivity index (χ1v) is 8.58. The summed E-state index contributed by atoms with van der Waals surface area (Å²) < 4.78 is 0. The quantitative estimate of drug-likeness (QED) is 0.607. The molecule has 0 bridgehead atoms. The van der Waals surface area contributed by atoms with Gasteiger partial charge in [-0.2, -0.15) is 0 Å². The Morgan fingerprint density at radius 3 is 2.48 bits per heavy atom. The molecule has 0 aliphatic carbocycles. The van der Waals surface area contributed by atoms with E-state index in [4.69, 9.17) is 0 Å². The van der Waals surface area contributed by atoms with Crippen LogP contribution in [-0.2, 0) is 4.79 Å². The number of rotatable bonds is 7. The summed E-state index contributed by atoms with van der Waals surface area (Å²) in [5.74, 6) is 1.36. The molecule has 0 saturated carbocycles. The molecule has 0 heterocycles. The van der Waals surface area contributed by atoms with Crippen LogP contribution in [0.25, 0.3) is 0 Å². The second-order valence-electron chi connectivity index (χ2n) is 4.27. The van der Waals surface area contributed by atoms with Crippen LogP contribution in [0.3, 0.4) is 0 Å². The minimum atomic E-state index is -0.0167. The third-order valence-electron chi connectivity index (χ3n) is 2.66. The molecule has 0 aromatic heterocycles. The minimum absolute atomic E-state index is 0.0167. The largest absolute Gasteiger partial charge is 0.507 e. The second-order valence-corrected chi connectivity index (χ2v) is 6.45. The van der Waals surface area contributed by atoms with Gasteiger partial charge in [0.2, 0.25) is 5.91 Å². The fourth-order valence-electron chi connectivity index (χ4n) is 1.65. The Balaban J connectivity index is 1.63. The molecule has 0 spiro atoms. The van der Waals surface area contributed by atoms with Crippen LogP contribution in [0.15, 0.2) is 64.4 Å². The lowest BCUT2D eigenvalue weighted by Gasteiger charge is -2.06. The zero-order valence-corrected chi connectivity index (χ0v) is 13.1. The van der Waals surface area contributed by atoms with E-state index in [1.165, 1.54) is 16.7 Å². The summed E-state index contributed by atoms with van der Waals surface area (Å²) in [5, 5.41) is 12.5. The van der Waals surface area contributed by atoms with Crippen molar-refractivity contribution in [1.29, 1.82) is 0 Å². The van der Waals surface area contributed by atoms with Crippen LogP contribution >= 0.6 is 23.5 Å². The summed E-state index contributed by atoms with van der Waals surface area (Å²) in [4.78, 5) is 13.6. The fraction of sp³-hybridized carbons (Fsp3) is 0.188. The maximum atomic E-state index is 11.7. The molecule has 0 saturated heterocycles. The first-order chi connectivity index (χ1) is 10.3. The Morgan fingerprint density at radius 1 is 1.00 bits per heavy atom. The van der Waals surface area contributed by atoms with Crippen LogP contribution in [0.4, 0.5) is 0 Å². The van der Waals surface area contributed by atoms with Gasteiger partial charge in [-0.1, -0.05) is 30.3 Å². The molecule has 0 unspecified atom stereocenters. The molecule has 110 valence electrons. The summed E-state index contributed by atoms with van der Waals surface area (Å²) in [5.41, 5.74) is 0. The average molecular weight is 319 g/mol. The first kappa shape index (κ1) is 15.8. The third-order valence-corrected chi connectivity index (χ3v) is 4.74. The van der Waals surface area contributed by atoms with E-state index in [1.54, 1.807) is 30.0 Å². The number of aromatic hydroxyl groups is 1. The molecule has 0 fully saturated rings. The van der Waals surface area contributed by atoms with Crippen LogP contribution in [0.2, 0.25) is 0 Å². The lowest BCUT2D eigenvalue weighted by molar-refractivity contribution is -0.118. The number of amides is 1. The summed E-state index contributed by atoms with van der Waals surface area (Å²) >= 11 is 3.06. The number of carbonyl (C=O) groups is 1. The SMILES string of the molecule is O=C(CSc1ccccc1O)NCCSc1ccccc1. The van der Waals surface area contributed by atoms with Crippen molar-refractivity contribution in [3.8, 4) is 5.75 Å². The van der Waals surface area contributed by atoms with Crippen molar-refractivity contribution in [3.05, 3.63) is 54.6 Å². The van der Waals surface area contributed by atoms with E-state index in [0.29, 0.717) is 12.3 Å². The van der Waals surface area contributed by atoms with E-state index >= 15 is 0 Å². The van der Waals surface area contributed by atoms with Gasteiger partial charge in [-0.15, -0.1) is 23.5 Å². The highest BCUT2D eigenvalue weighted by atomic mass is 32.2. The Labute approximate surface area is 133 Å². The monoisotopic (exact) mass is 319 g/mol. The molecule has 0 radical (unpaired) electrons. The maximum absolute atomic E-state index is 11.7. The van der Waals surface area contributed by atoms with Gasteiger partial charge in [0.15, 0.2) is 0 Å². The van der Waals surface area contributed by atoms with Gasteiger partial charge in [0.1, 0.15) is 5.75 Å². The van der Waals surface area contributed by atoms with Gasteiger partial charge < -0.3 is 10.4 Å². The summed E-state index contributed by atoms with van der Waals surface area (Å²) in [6, 6.07) is 17.1. The van der Waals surface area contributed by atoms with Gasteiger partial charge in [0, 0.05) is 22.1 Å². The molecule has 2 aromatic carbocycles. The molecule has 21 heavy (non-hydrogen) atoms. The molecule has 3 nitrogen and oxygen atoms in total. The number of phenols is 1. The molecule has 2 rings (SSSR count). The molecular formula is C16H17NO2S2. The van der Waals surface area contributed by atoms with Gasteiger partial charge in [-0.05, 0) is 24.3 Å². The standard InChI is InChI=1S/C16H17NO2S2/c18-14-8-4-5-9-15(14)21-12-16(19)17-10-11-20-13-6-2-1-3-7-13/h1-9,18H,10-12H2,(H,17,19). The number of thioether (sulfide) groups is 2. The average Bonchev–Trinajstić information content (AvgIpc) is 2.52. The highest BCUT2D eigenvalue weighted by Gasteiger charge is 2.05. The highest BCUT2D eigenvalue weighted by Crippen LogP contribution is 2.27. The first-order valence-electron chi connectivity index (χ1n) is 6.61. The Hall–Kier alpha value is -1.59. The predicted molar refractivity (Wildman–Crippen MR) is 89.0 cm³/mol. The van der Waals surface area contributed by atoms with E-state index in [0.717, 1.165) is 10.6 Å². The molecule has 5 heteroatoms. The van der Waals surface area contributed by atoms with Gasteiger partial charge in [-0.25, -0.2) is 0 Å². The topological polar surface area (TPSA) is 49.3 Å². The van der Waals surface area contributed by atoms with Crippen molar-refractivity contribution in [3.63, 3.8) is 0 Å². The summed E-state index contributed by atoms with van der Waals surface area (Å²) in [6.45, 7) is 0.639. The zero-order valence-electron chi connectivity index (χ0n) is 11.5. The number of hydrogen-bond acceptors (Lipinski definition) is 4.